The highest BCUT2D eigenvalue weighted by molar-refractivity contribution is 5.39. The number of hydrogen-bond donors (Lipinski definition) is 1. The van der Waals surface area contributed by atoms with E-state index < -0.39 is 0 Å². The summed E-state index contributed by atoms with van der Waals surface area (Å²) < 4.78 is 6.05. The lowest BCUT2D eigenvalue weighted by atomic mass is 9.93. The summed E-state index contributed by atoms with van der Waals surface area (Å²) in [5, 5.41) is 3.40. The summed E-state index contributed by atoms with van der Waals surface area (Å²) in [5.41, 5.74) is 2.84. The van der Waals surface area contributed by atoms with Crippen LogP contribution < -0.4 is 10.1 Å². The smallest absolute Gasteiger partial charge is 0.123 e. The van der Waals surface area contributed by atoms with Crippen LogP contribution in [0, 0.1) is 0 Å². The summed E-state index contributed by atoms with van der Waals surface area (Å²) in [7, 11) is 0. The molecule has 1 aromatic carbocycles. The van der Waals surface area contributed by atoms with Crippen LogP contribution in [0.1, 0.15) is 31.4 Å². The molecule has 0 spiro atoms. The van der Waals surface area contributed by atoms with E-state index in [-0.39, 0.29) is 5.60 Å². The molecular weight excluding hydrogens is 248 g/mol. The molecule has 20 heavy (non-hydrogen) atoms. The van der Waals surface area contributed by atoms with Gasteiger partial charge >= 0.3 is 0 Å². The first-order chi connectivity index (χ1) is 9.62. The summed E-state index contributed by atoms with van der Waals surface area (Å²) in [5.74, 6) is 1.09. The van der Waals surface area contributed by atoms with E-state index in [9.17, 15) is 0 Å². The number of ether oxygens (including phenoxy) is 1. The number of rotatable bonds is 3. The second kappa shape index (κ2) is 5.74. The van der Waals surface area contributed by atoms with Gasteiger partial charge in [0.05, 0.1) is 0 Å². The van der Waals surface area contributed by atoms with Crippen molar-refractivity contribution < 1.29 is 4.74 Å². The molecule has 0 atom stereocenters. The van der Waals surface area contributed by atoms with Crippen LogP contribution in [-0.4, -0.2) is 43.2 Å². The Kier molecular flexibility index (Phi) is 3.99. The lowest BCUT2D eigenvalue weighted by Crippen LogP contribution is -2.44. The van der Waals surface area contributed by atoms with Crippen LogP contribution in [0.5, 0.6) is 5.75 Å². The van der Waals surface area contributed by atoms with Gasteiger partial charge in [-0.15, -0.1) is 0 Å². The van der Waals surface area contributed by atoms with Gasteiger partial charge in [-0.1, -0.05) is 12.1 Å². The van der Waals surface area contributed by atoms with Crippen molar-refractivity contribution in [2.75, 3.05) is 32.7 Å². The fourth-order valence-corrected chi connectivity index (χ4v) is 3.09. The van der Waals surface area contributed by atoms with E-state index in [1.165, 1.54) is 30.8 Å². The molecule has 0 aliphatic carbocycles. The Morgan fingerprint density at radius 1 is 1.25 bits per heavy atom. The molecular formula is C17H26N2O. The third-order valence-electron chi connectivity index (χ3n) is 4.43. The average Bonchev–Trinajstić information content (AvgIpc) is 2.45. The van der Waals surface area contributed by atoms with Gasteiger partial charge in [-0.2, -0.15) is 0 Å². The lowest BCUT2D eigenvalue weighted by Gasteiger charge is -2.33. The van der Waals surface area contributed by atoms with Crippen molar-refractivity contribution in [1.82, 2.24) is 10.2 Å². The molecule has 1 aromatic rings. The summed E-state index contributed by atoms with van der Waals surface area (Å²) in [4.78, 5) is 2.55. The third-order valence-corrected chi connectivity index (χ3v) is 4.43. The van der Waals surface area contributed by atoms with Crippen LogP contribution in [0.4, 0.5) is 0 Å². The van der Waals surface area contributed by atoms with Crippen molar-refractivity contribution in [2.24, 2.45) is 0 Å². The number of nitrogens with one attached hydrogen (secondary N) is 1. The second-order valence-corrected chi connectivity index (χ2v) is 6.65. The van der Waals surface area contributed by atoms with Gasteiger partial charge in [-0.05, 0) is 50.3 Å². The Morgan fingerprint density at radius 2 is 2.05 bits per heavy atom. The zero-order chi connectivity index (χ0) is 14.0. The second-order valence-electron chi connectivity index (χ2n) is 6.65. The molecule has 2 aliphatic rings. The lowest BCUT2D eigenvalue weighted by molar-refractivity contribution is 0.0846. The van der Waals surface area contributed by atoms with Gasteiger partial charge in [-0.25, -0.2) is 0 Å². The molecule has 1 N–H and O–H groups in total. The molecule has 0 aromatic heterocycles. The molecule has 0 radical (unpaired) electrons. The van der Waals surface area contributed by atoms with E-state index in [0.29, 0.717) is 0 Å². The fourth-order valence-electron chi connectivity index (χ4n) is 3.09. The maximum absolute atomic E-state index is 6.05. The standard InChI is InChI=1S/C17H26N2O/c1-17(2)7-5-15-13-14(3-4-16(15)20-17)6-10-19-11-8-18-9-12-19/h3-4,13,18H,5-12H2,1-2H3. The Balaban J connectivity index is 1.61. The molecule has 3 nitrogen and oxygen atoms in total. The first-order valence-electron chi connectivity index (χ1n) is 7.86. The van der Waals surface area contributed by atoms with Crippen LogP contribution in [0.2, 0.25) is 0 Å². The predicted octanol–water partition coefficient (Wildman–Crippen LogP) is 2.24. The highest BCUT2D eigenvalue weighted by atomic mass is 16.5. The van der Waals surface area contributed by atoms with Crippen LogP contribution >= 0.6 is 0 Å². The van der Waals surface area contributed by atoms with Crippen molar-refractivity contribution in [3.05, 3.63) is 29.3 Å². The molecule has 0 bridgehead atoms. The van der Waals surface area contributed by atoms with Gasteiger partial charge in [0.25, 0.3) is 0 Å². The molecule has 2 heterocycles. The Bertz CT molecular complexity index is 464. The number of benzene rings is 1. The highest BCUT2D eigenvalue weighted by Gasteiger charge is 2.26. The minimum atomic E-state index is -0.00465. The summed E-state index contributed by atoms with van der Waals surface area (Å²) >= 11 is 0. The van der Waals surface area contributed by atoms with Gasteiger partial charge in [0.15, 0.2) is 0 Å². The van der Waals surface area contributed by atoms with Crippen LogP contribution in [0.3, 0.4) is 0 Å². The Morgan fingerprint density at radius 3 is 2.85 bits per heavy atom. The van der Waals surface area contributed by atoms with Crippen molar-refractivity contribution in [3.63, 3.8) is 0 Å². The van der Waals surface area contributed by atoms with Crippen molar-refractivity contribution in [3.8, 4) is 5.75 Å². The summed E-state index contributed by atoms with van der Waals surface area (Å²) in [6.07, 6.45) is 3.40. The van der Waals surface area contributed by atoms with E-state index in [0.717, 1.165) is 38.1 Å². The molecule has 110 valence electrons. The van der Waals surface area contributed by atoms with E-state index in [1.54, 1.807) is 0 Å². The molecule has 0 unspecified atom stereocenters. The van der Waals surface area contributed by atoms with Gasteiger partial charge < -0.3 is 15.0 Å². The van der Waals surface area contributed by atoms with E-state index in [4.69, 9.17) is 4.74 Å². The topological polar surface area (TPSA) is 24.5 Å². The molecule has 3 rings (SSSR count). The molecule has 0 amide bonds. The quantitative estimate of drug-likeness (QED) is 0.915. The highest BCUT2D eigenvalue weighted by Crippen LogP contribution is 2.33. The van der Waals surface area contributed by atoms with E-state index in [2.05, 4.69) is 42.3 Å². The zero-order valence-electron chi connectivity index (χ0n) is 12.7. The SMILES string of the molecule is CC1(C)CCc2cc(CCN3CCNCC3)ccc2O1. The van der Waals surface area contributed by atoms with Gasteiger partial charge in [0.2, 0.25) is 0 Å². The maximum atomic E-state index is 6.05. The third kappa shape index (κ3) is 3.33. The van der Waals surface area contributed by atoms with Gasteiger partial charge in [0, 0.05) is 32.7 Å². The summed E-state index contributed by atoms with van der Waals surface area (Å²) in [6.45, 7) is 10.2. The first kappa shape index (κ1) is 13.9. The van der Waals surface area contributed by atoms with Crippen LogP contribution in [-0.2, 0) is 12.8 Å². The molecule has 0 saturated carbocycles. The normalized spacial score (nSPS) is 22.1. The zero-order valence-corrected chi connectivity index (χ0v) is 12.7. The minimum absolute atomic E-state index is 0.00465. The molecule has 1 saturated heterocycles. The summed E-state index contributed by atoms with van der Waals surface area (Å²) in [6, 6.07) is 6.76. The number of nitrogens with zero attached hydrogens (tertiary/aromatic N) is 1. The van der Waals surface area contributed by atoms with E-state index in [1.807, 2.05) is 0 Å². The van der Waals surface area contributed by atoms with Crippen molar-refractivity contribution in [2.45, 2.75) is 38.7 Å². The molecule has 2 aliphatic heterocycles. The fraction of sp³-hybridized carbons (Fsp3) is 0.647. The minimum Gasteiger partial charge on any atom is -0.488 e. The Hall–Kier alpha value is -1.06. The number of piperazine rings is 1. The molecule has 3 heteroatoms. The number of fused-ring (bicyclic) bond motifs is 1. The van der Waals surface area contributed by atoms with Gasteiger partial charge in [0.1, 0.15) is 11.4 Å². The first-order valence-corrected chi connectivity index (χ1v) is 7.86. The Labute approximate surface area is 122 Å². The maximum Gasteiger partial charge on any atom is 0.123 e. The van der Waals surface area contributed by atoms with Crippen LogP contribution in [0.15, 0.2) is 18.2 Å². The van der Waals surface area contributed by atoms with Crippen molar-refractivity contribution in [1.29, 1.82) is 0 Å². The number of hydrogen-bond acceptors (Lipinski definition) is 3. The number of aryl methyl sites for hydroxylation is 1. The predicted molar refractivity (Wildman–Crippen MR) is 82.5 cm³/mol. The van der Waals surface area contributed by atoms with E-state index >= 15 is 0 Å². The van der Waals surface area contributed by atoms with Crippen LogP contribution in [0.25, 0.3) is 0 Å². The monoisotopic (exact) mass is 274 g/mol. The van der Waals surface area contributed by atoms with Gasteiger partial charge in [-0.3, -0.25) is 0 Å². The largest absolute Gasteiger partial charge is 0.488 e. The average molecular weight is 274 g/mol. The van der Waals surface area contributed by atoms with Crippen molar-refractivity contribution >= 4 is 0 Å². The molecule has 1 fully saturated rings.